The van der Waals surface area contributed by atoms with Crippen LogP contribution >= 0.6 is 34.8 Å². The minimum atomic E-state index is -1.49. The largest absolute Gasteiger partial charge is 0.477 e. The second-order valence-electron chi connectivity index (χ2n) is 6.71. The van der Waals surface area contributed by atoms with Gasteiger partial charge < -0.3 is 14.8 Å². The van der Waals surface area contributed by atoms with Crippen LogP contribution in [0.3, 0.4) is 0 Å². The number of benzene rings is 1. The van der Waals surface area contributed by atoms with Gasteiger partial charge in [-0.1, -0.05) is 34.8 Å². The summed E-state index contributed by atoms with van der Waals surface area (Å²) >= 11 is 18.4. The molecule has 0 saturated heterocycles. The molecule has 0 spiro atoms. The summed E-state index contributed by atoms with van der Waals surface area (Å²) in [6.07, 6.45) is 2.98. The number of nitrogens with zero attached hydrogens (tertiary/aromatic N) is 3. The fraction of sp³-hybridized carbons (Fsp3) is 0.211. The van der Waals surface area contributed by atoms with Crippen molar-refractivity contribution >= 4 is 40.8 Å². The number of aromatic carboxylic acids is 1. The van der Waals surface area contributed by atoms with Gasteiger partial charge in [-0.25, -0.2) is 9.78 Å². The first kappa shape index (κ1) is 20.6. The van der Waals surface area contributed by atoms with E-state index in [4.69, 9.17) is 34.8 Å². The highest BCUT2D eigenvalue weighted by atomic mass is 35.5. The summed E-state index contributed by atoms with van der Waals surface area (Å²) in [5, 5.41) is 21.6. The third kappa shape index (κ3) is 4.15. The second-order valence-corrected chi connectivity index (χ2v) is 7.99. The van der Waals surface area contributed by atoms with Crippen LogP contribution < -0.4 is 0 Å². The minimum absolute atomic E-state index is 0.0214. The lowest BCUT2D eigenvalue weighted by atomic mass is 10.0. The number of halogens is 3. The molecule has 9 heteroatoms. The van der Waals surface area contributed by atoms with E-state index in [9.17, 15) is 15.0 Å². The Morgan fingerprint density at radius 3 is 2.46 bits per heavy atom. The fourth-order valence-corrected chi connectivity index (χ4v) is 3.39. The van der Waals surface area contributed by atoms with Crippen molar-refractivity contribution < 1.29 is 15.0 Å². The number of pyridine rings is 1. The van der Waals surface area contributed by atoms with Gasteiger partial charge in [0, 0.05) is 28.0 Å². The van der Waals surface area contributed by atoms with Gasteiger partial charge >= 0.3 is 5.97 Å². The number of hydrogen-bond donors (Lipinski definition) is 2. The molecule has 0 atom stereocenters. The van der Waals surface area contributed by atoms with Crippen molar-refractivity contribution in [3.05, 3.63) is 68.7 Å². The molecule has 0 aliphatic rings. The molecule has 0 bridgehead atoms. The first-order chi connectivity index (χ1) is 13.1. The SMILES string of the molecule is CC(C)(O)c1nc(-c2cncc(Cl)c2)n(Cc2cc(Cl)ccc2Cl)c1C(=O)O. The molecular weight excluding hydrogens is 425 g/mol. The summed E-state index contributed by atoms with van der Waals surface area (Å²) in [5.74, 6) is -0.940. The highest BCUT2D eigenvalue weighted by Gasteiger charge is 2.32. The van der Waals surface area contributed by atoms with Crippen molar-refractivity contribution in [2.24, 2.45) is 0 Å². The van der Waals surface area contributed by atoms with Gasteiger partial charge in [0.15, 0.2) is 5.69 Å². The summed E-state index contributed by atoms with van der Waals surface area (Å²) in [7, 11) is 0. The van der Waals surface area contributed by atoms with Crippen LogP contribution in [0.25, 0.3) is 11.4 Å². The molecule has 146 valence electrons. The lowest BCUT2D eigenvalue weighted by Gasteiger charge is -2.16. The van der Waals surface area contributed by atoms with E-state index in [-0.39, 0.29) is 17.9 Å². The smallest absolute Gasteiger partial charge is 0.354 e. The van der Waals surface area contributed by atoms with Crippen LogP contribution in [-0.2, 0) is 12.1 Å². The summed E-state index contributed by atoms with van der Waals surface area (Å²) in [5.41, 5.74) is -0.513. The molecule has 28 heavy (non-hydrogen) atoms. The van der Waals surface area contributed by atoms with Crippen LogP contribution in [0, 0.1) is 0 Å². The Morgan fingerprint density at radius 1 is 1.14 bits per heavy atom. The van der Waals surface area contributed by atoms with Gasteiger partial charge in [-0.2, -0.15) is 0 Å². The average Bonchev–Trinajstić information content (AvgIpc) is 2.98. The van der Waals surface area contributed by atoms with Gasteiger partial charge in [0.2, 0.25) is 0 Å². The second kappa shape index (κ2) is 7.72. The number of carbonyl (C=O) groups is 1. The molecule has 0 amide bonds. The van der Waals surface area contributed by atoms with Crippen LogP contribution in [0.2, 0.25) is 15.1 Å². The summed E-state index contributed by atoms with van der Waals surface area (Å²) in [6, 6.07) is 6.55. The molecule has 0 radical (unpaired) electrons. The number of rotatable bonds is 5. The Labute approximate surface area is 176 Å². The van der Waals surface area contributed by atoms with Gasteiger partial charge in [-0.3, -0.25) is 4.98 Å². The lowest BCUT2D eigenvalue weighted by Crippen LogP contribution is -2.22. The van der Waals surface area contributed by atoms with Crippen molar-refractivity contribution in [1.82, 2.24) is 14.5 Å². The van der Waals surface area contributed by atoms with Gasteiger partial charge in [0.25, 0.3) is 0 Å². The van der Waals surface area contributed by atoms with E-state index in [0.29, 0.717) is 32.0 Å². The molecule has 0 fully saturated rings. The third-order valence-corrected chi connectivity index (χ3v) is 4.86. The molecule has 6 nitrogen and oxygen atoms in total. The summed E-state index contributed by atoms with van der Waals surface area (Å²) in [4.78, 5) is 20.5. The first-order valence-electron chi connectivity index (χ1n) is 8.19. The lowest BCUT2D eigenvalue weighted by molar-refractivity contribution is 0.0602. The van der Waals surface area contributed by atoms with Gasteiger partial charge in [0.05, 0.1) is 11.6 Å². The predicted molar refractivity (Wildman–Crippen MR) is 108 cm³/mol. The number of aliphatic hydroxyl groups is 1. The molecule has 3 aromatic rings. The van der Waals surface area contributed by atoms with Crippen LogP contribution in [0.1, 0.15) is 35.6 Å². The summed E-state index contributed by atoms with van der Waals surface area (Å²) < 4.78 is 1.46. The van der Waals surface area contributed by atoms with E-state index in [1.807, 2.05) is 0 Å². The van der Waals surface area contributed by atoms with E-state index in [0.717, 1.165) is 0 Å². The van der Waals surface area contributed by atoms with E-state index < -0.39 is 11.6 Å². The van der Waals surface area contributed by atoms with Gasteiger partial charge in [-0.05, 0) is 43.7 Å². The molecule has 0 aliphatic heterocycles. The van der Waals surface area contributed by atoms with Crippen LogP contribution in [0.5, 0.6) is 0 Å². The number of imidazole rings is 1. The average molecular weight is 441 g/mol. The Hall–Kier alpha value is -2.12. The number of hydrogen-bond acceptors (Lipinski definition) is 4. The van der Waals surface area contributed by atoms with E-state index in [2.05, 4.69) is 9.97 Å². The third-order valence-electron chi connectivity index (χ3n) is 4.05. The molecule has 0 unspecified atom stereocenters. The summed E-state index contributed by atoms with van der Waals surface area (Å²) in [6.45, 7) is 3.02. The van der Waals surface area contributed by atoms with Crippen molar-refractivity contribution in [2.75, 3.05) is 0 Å². The zero-order chi connectivity index (χ0) is 20.6. The molecule has 0 aliphatic carbocycles. The van der Waals surface area contributed by atoms with Crippen molar-refractivity contribution in [1.29, 1.82) is 0 Å². The molecule has 0 saturated carbocycles. The number of carboxylic acid groups (broad SMARTS) is 1. The topological polar surface area (TPSA) is 88.2 Å². The number of carboxylic acids is 1. The van der Waals surface area contributed by atoms with Crippen molar-refractivity contribution in [3.63, 3.8) is 0 Å². The maximum Gasteiger partial charge on any atom is 0.354 e. The molecule has 2 heterocycles. The van der Waals surface area contributed by atoms with E-state index in [1.54, 1.807) is 24.3 Å². The minimum Gasteiger partial charge on any atom is -0.477 e. The maximum atomic E-state index is 12.1. The predicted octanol–water partition coefficient (Wildman–Crippen LogP) is 4.88. The van der Waals surface area contributed by atoms with Crippen LogP contribution in [0.15, 0.2) is 36.7 Å². The van der Waals surface area contributed by atoms with Gasteiger partial charge in [0.1, 0.15) is 17.1 Å². The number of aromatic nitrogens is 3. The maximum absolute atomic E-state index is 12.1. The van der Waals surface area contributed by atoms with Gasteiger partial charge in [-0.15, -0.1) is 0 Å². The highest BCUT2D eigenvalue weighted by molar-refractivity contribution is 6.33. The quantitative estimate of drug-likeness (QED) is 0.590. The Bertz CT molecular complexity index is 1060. The van der Waals surface area contributed by atoms with Crippen LogP contribution in [0.4, 0.5) is 0 Å². The van der Waals surface area contributed by atoms with Crippen molar-refractivity contribution in [2.45, 2.75) is 26.0 Å². The first-order valence-corrected chi connectivity index (χ1v) is 9.33. The fourth-order valence-electron chi connectivity index (χ4n) is 2.84. The molecule has 2 aromatic heterocycles. The Morgan fingerprint density at radius 2 is 1.86 bits per heavy atom. The van der Waals surface area contributed by atoms with Crippen molar-refractivity contribution in [3.8, 4) is 11.4 Å². The molecule has 3 rings (SSSR count). The standard InChI is InChI=1S/C19H16Cl3N3O3/c1-19(2,28)16-15(18(26)27)25(9-11-6-12(20)3-4-14(11)22)17(24-16)10-5-13(21)8-23-7-10/h3-8,28H,9H2,1-2H3,(H,26,27). The van der Waals surface area contributed by atoms with E-state index >= 15 is 0 Å². The molecule has 2 N–H and O–H groups in total. The zero-order valence-corrected chi connectivity index (χ0v) is 17.2. The van der Waals surface area contributed by atoms with Crippen LogP contribution in [-0.4, -0.2) is 30.7 Å². The monoisotopic (exact) mass is 439 g/mol. The highest BCUT2D eigenvalue weighted by Crippen LogP contribution is 2.32. The molecule has 1 aromatic carbocycles. The Kier molecular flexibility index (Phi) is 5.68. The Balaban J connectivity index is 2.29. The normalized spacial score (nSPS) is 11.6. The molecular formula is C19H16Cl3N3O3. The zero-order valence-electron chi connectivity index (χ0n) is 14.9. The van der Waals surface area contributed by atoms with E-state index in [1.165, 1.54) is 30.8 Å².